The summed E-state index contributed by atoms with van der Waals surface area (Å²) >= 11 is 0. The second-order valence-corrected chi connectivity index (χ2v) is 7.29. The first kappa shape index (κ1) is 18.8. The van der Waals surface area contributed by atoms with Crippen molar-refractivity contribution in [1.82, 2.24) is 19.7 Å². The molecule has 2 N–H and O–H groups in total. The number of pyridine rings is 2. The highest BCUT2D eigenvalue weighted by Gasteiger charge is 2.23. The smallest absolute Gasteiger partial charge is 0.166 e. The SMILES string of the molecule is Cn1nc2c(c1C#N)-c1cnc(N)c(c1)OCc1cc(F)ccc1-c1ncccc1C2. The van der Waals surface area contributed by atoms with Gasteiger partial charge in [-0.3, -0.25) is 9.67 Å². The van der Waals surface area contributed by atoms with E-state index in [1.807, 2.05) is 12.1 Å². The van der Waals surface area contributed by atoms with Gasteiger partial charge in [-0.2, -0.15) is 10.4 Å². The first-order valence-electron chi connectivity index (χ1n) is 9.62. The molecule has 1 aliphatic rings. The molecule has 0 radical (unpaired) electrons. The fraction of sp³-hybridized carbons (Fsp3) is 0.130. The minimum absolute atomic E-state index is 0.0868. The first-order valence-corrected chi connectivity index (χ1v) is 9.62. The van der Waals surface area contributed by atoms with E-state index in [0.29, 0.717) is 45.9 Å². The molecule has 0 spiro atoms. The number of aromatic nitrogens is 4. The van der Waals surface area contributed by atoms with Crippen molar-refractivity contribution in [3.8, 4) is 34.2 Å². The number of aryl methyl sites for hydroxylation is 1. The van der Waals surface area contributed by atoms with Crippen LogP contribution in [0.15, 0.2) is 48.8 Å². The van der Waals surface area contributed by atoms with Crippen LogP contribution in [0, 0.1) is 17.1 Å². The lowest BCUT2D eigenvalue weighted by Crippen LogP contribution is -2.06. The topological polar surface area (TPSA) is 103 Å². The van der Waals surface area contributed by atoms with Gasteiger partial charge < -0.3 is 10.5 Å². The number of hydrogen-bond acceptors (Lipinski definition) is 6. The molecule has 0 saturated heterocycles. The number of halogens is 1. The van der Waals surface area contributed by atoms with Gasteiger partial charge in [-0.15, -0.1) is 0 Å². The second-order valence-electron chi connectivity index (χ2n) is 7.29. The third-order valence-corrected chi connectivity index (χ3v) is 5.35. The van der Waals surface area contributed by atoms with E-state index in [4.69, 9.17) is 10.5 Å². The second kappa shape index (κ2) is 7.22. The fourth-order valence-electron chi connectivity index (χ4n) is 3.91. The summed E-state index contributed by atoms with van der Waals surface area (Å²) < 4.78 is 21.6. The normalized spacial score (nSPS) is 12.3. The number of nitrogens with two attached hydrogens (primary N) is 1. The first-order chi connectivity index (χ1) is 15.0. The monoisotopic (exact) mass is 412 g/mol. The van der Waals surface area contributed by atoms with E-state index in [-0.39, 0.29) is 18.2 Å². The maximum absolute atomic E-state index is 14.1. The number of nitrogens with zero attached hydrogens (tertiary/aromatic N) is 5. The molecule has 0 aliphatic carbocycles. The highest BCUT2D eigenvalue weighted by atomic mass is 19.1. The van der Waals surface area contributed by atoms with Gasteiger partial charge in [-0.1, -0.05) is 6.07 Å². The zero-order valence-corrected chi connectivity index (χ0v) is 16.6. The largest absolute Gasteiger partial charge is 0.485 e. The number of nitrogen functional groups attached to an aromatic ring is 1. The Hall–Kier alpha value is -4.25. The third-order valence-electron chi connectivity index (χ3n) is 5.35. The van der Waals surface area contributed by atoms with E-state index < -0.39 is 0 Å². The summed E-state index contributed by atoms with van der Waals surface area (Å²) in [5.74, 6) is 0.201. The van der Waals surface area contributed by atoms with Crippen molar-refractivity contribution in [2.45, 2.75) is 13.0 Å². The number of hydrogen-bond donors (Lipinski definition) is 1. The molecular weight excluding hydrogens is 395 g/mol. The molecule has 4 aromatic rings. The predicted octanol–water partition coefficient (Wildman–Crippen LogP) is 3.62. The summed E-state index contributed by atoms with van der Waals surface area (Å²) in [7, 11) is 1.73. The molecule has 152 valence electrons. The lowest BCUT2D eigenvalue weighted by Gasteiger charge is -2.16. The van der Waals surface area contributed by atoms with Gasteiger partial charge in [0, 0.05) is 48.1 Å². The predicted molar refractivity (Wildman–Crippen MR) is 112 cm³/mol. The molecule has 0 atom stereocenters. The Balaban J connectivity index is 1.81. The maximum atomic E-state index is 14.1. The van der Waals surface area contributed by atoms with Gasteiger partial charge in [-0.05, 0) is 35.9 Å². The van der Waals surface area contributed by atoms with Crippen molar-refractivity contribution < 1.29 is 9.13 Å². The van der Waals surface area contributed by atoms with Crippen LogP contribution in [0.4, 0.5) is 10.2 Å². The van der Waals surface area contributed by atoms with Gasteiger partial charge in [0.1, 0.15) is 24.2 Å². The molecule has 0 unspecified atom stereocenters. The number of nitriles is 1. The van der Waals surface area contributed by atoms with Gasteiger partial charge in [0.05, 0.1) is 11.4 Å². The van der Waals surface area contributed by atoms with Crippen molar-refractivity contribution in [2.24, 2.45) is 7.05 Å². The molecule has 8 heteroatoms. The molecule has 0 saturated carbocycles. The van der Waals surface area contributed by atoms with Crippen molar-refractivity contribution in [1.29, 1.82) is 5.26 Å². The summed E-state index contributed by atoms with van der Waals surface area (Å²) in [5.41, 5.74) is 11.5. The summed E-state index contributed by atoms with van der Waals surface area (Å²) in [6.07, 6.45) is 3.74. The lowest BCUT2D eigenvalue weighted by atomic mass is 9.95. The number of anilines is 1. The van der Waals surface area contributed by atoms with Crippen LogP contribution >= 0.6 is 0 Å². The number of ether oxygens (including phenoxy) is 1. The number of benzene rings is 1. The minimum Gasteiger partial charge on any atom is -0.485 e. The standard InChI is InChI=1S/C23H17FN6O/c1-30-19(10-25)21-14-9-20(23(26)28-11-14)31-12-15-7-16(24)4-5-17(15)22-13(3-2-6-27-22)8-18(21)29-30/h2-7,9,11H,8,12H2,1H3,(H2,26,28). The van der Waals surface area contributed by atoms with Crippen molar-refractivity contribution >= 4 is 5.82 Å². The zero-order chi connectivity index (χ0) is 21.5. The van der Waals surface area contributed by atoms with E-state index in [0.717, 1.165) is 11.1 Å². The Kier molecular flexibility index (Phi) is 4.37. The average Bonchev–Trinajstić information content (AvgIpc) is 3.08. The highest BCUT2D eigenvalue weighted by Crippen LogP contribution is 2.36. The molecular formula is C23H17FN6O. The van der Waals surface area contributed by atoms with Crippen LogP contribution in [-0.4, -0.2) is 19.7 Å². The van der Waals surface area contributed by atoms with Gasteiger partial charge >= 0.3 is 0 Å². The van der Waals surface area contributed by atoms with Crippen LogP contribution in [0.3, 0.4) is 0 Å². The summed E-state index contributed by atoms with van der Waals surface area (Å²) in [6.45, 7) is 0.0868. The van der Waals surface area contributed by atoms with Gasteiger partial charge in [0.25, 0.3) is 0 Å². The fourth-order valence-corrected chi connectivity index (χ4v) is 3.91. The van der Waals surface area contributed by atoms with Crippen molar-refractivity contribution in [3.05, 3.63) is 77.1 Å². The van der Waals surface area contributed by atoms with Crippen LogP contribution in [-0.2, 0) is 20.1 Å². The summed E-state index contributed by atoms with van der Waals surface area (Å²) in [4.78, 5) is 8.82. The molecule has 3 aromatic heterocycles. The van der Waals surface area contributed by atoms with Crippen LogP contribution < -0.4 is 10.5 Å². The zero-order valence-electron chi connectivity index (χ0n) is 16.6. The Morgan fingerprint density at radius 2 is 2.06 bits per heavy atom. The van der Waals surface area contributed by atoms with Gasteiger partial charge in [-0.25, -0.2) is 9.37 Å². The Bertz CT molecular complexity index is 1370. The van der Waals surface area contributed by atoms with E-state index in [2.05, 4.69) is 21.1 Å². The quantitative estimate of drug-likeness (QED) is 0.473. The van der Waals surface area contributed by atoms with Gasteiger partial charge in [0.15, 0.2) is 11.6 Å². The van der Waals surface area contributed by atoms with Crippen molar-refractivity contribution in [2.75, 3.05) is 5.73 Å². The van der Waals surface area contributed by atoms with Crippen LogP contribution in [0.5, 0.6) is 5.75 Å². The molecule has 4 heterocycles. The average molecular weight is 412 g/mol. The third kappa shape index (κ3) is 3.16. The van der Waals surface area contributed by atoms with Crippen LogP contribution in [0.2, 0.25) is 0 Å². The van der Waals surface area contributed by atoms with E-state index >= 15 is 0 Å². The molecule has 0 fully saturated rings. The minimum atomic E-state index is -0.363. The van der Waals surface area contributed by atoms with E-state index in [1.54, 1.807) is 36.3 Å². The molecule has 2 bridgehead atoms. The van der Waals surface area contributed by atoms with Gasteiger partial charge in [0.2, 0.25) is 0 Å². The maximum Gasteiger partial charge on any atom is 0.166 e. The molecule has 1 aromatic carbocycles. The Morgan fingerprint density at radius 3 is 2.90 bits per heavy atom. The molecule has 31 heavy (non-hydrogen) atoms. The summed E-state index contributed by atoms with van der Waals surface area (Å²) in [6, 6.07) is 12.3. The van der Waals surface area contributed by atoms with Crippen LogP contribution in [0.25, 0.3) is 22.4 Å². The number of fused-ring (bicyclic) bond motifs is 7. The molecule has 0 amide bonds. The van der Waals surface area contributed by atoms with Crippen LogP contribution in [0.1, 0.15) is 22.5 Å². The van der Waals surface area contributed by atoms with E-state index in [9.17, 15) is 9.65 Å². The number of rotatable bonds is 0. The summed E-state index contributed by atoms with van der Waals surface area (Å²) in [5, 5.41) is 14.4. The molecule has 1 aliphatic heterocycles. The molecule has 5 rings (SSSR count). The molecule has 7 nitrogen and oxygen atoms in total. The Morgan fingerprint density at radius 1 is 1.19 bits per heavy atom. The van der Waals surface area contributed by atoms with Crippen molar-refractivity contribution in [3.63, 3.8) is 0 Å². The van der Waals surface area contributed by atoms with E-state index in [1.165, 1.54) is 12.1 Å². The lowest BCUT2D eigenvalue weighted by molar-refractivity contribution is 0.307. The highest BCUT2D eigenvalue weighted by molar-refractivity contribution is 5.75. The Labute approximate surface area is 177 Å².